The summed E-state index contributed by atoms with van der Waals surface area (Å²) in [6.45, 7) is 3.25. The quantitative estimate of drug-likeness (QED) is 0.567. The molecule has 0 saturated carbocycles. The van der Waals surface area contributed by atoms with Crippen molar-refractivity contribution in [3.05, 3.63) is 30.6 Å². The van der Waals surface area contributed by atoms with E-state index < -0.39 is 6.10 Å². The molecule has 0 radical (unpaired) electrons. The molecule has 2 fully saturated rings. The summed E-state index contributed by atoms with van der Waals surface area (Å²) in [6.07, 6.45) is 3.58. The number of nitrogens with one attached hydrogen (secondary N) is 1. The lowest BCUT2D eigenvalue weighted by Gasteiger charge is -2.27. The number of amides is 1. The van der Waals surface area contributed by atoms with Gasteiger partial charge < -0.3 is 33.9 Å². The van der Waals surface area contributed by atoms with Crippen molar-refractivity contribution in [1.29, 1.82) is 0 Å². The third-order valence-corrected chi connectivity index (χ3v) is 6.92. The first-order valence-corrected chi connectivity index (χ1v) is 12.1. The number of anilines is 1. The van der Waals surface area contributed by atoms with Crippen LogP contribution in [0.15, 0.2) is 30.6 Å². The summed E-state index contributed by atoms with van der Waals surface area (Å²) in [6, 6.07) is 5.74. The van der Waals surface area contributed by atoms with Crippen molar-refractivity contribution in [2.75, 3.05) is 59.1 Å². The van der Waals surface area contributed by atoms with Gasteiger partial charge in [0.25, 0.3) is 11.8 Å². The van der Waals surface area contributed by atoms with E-state index in [9.17, 15) is 4.79 Å². The van der Waals surface area contributed by atoms with Gasteiger partial charge in [0.05, 0.1) is 52.5 Å². The average Bonchev–Trinajstić information content (AvgIpc) is 3.41. The van der Waals surface area contributed by atoms with Gasteiger partial charge in [-0.15, -0.1) is 0 Å². The predicted molar refractivity (Wildman–Crippen MR) is 130 cm³/mol. The highest BCUT2D eigenvalue weighted by Crippen LogP contribution is 2.34. The summed E-state index contributed by atoms with van der Waals surface area (Å²) in [5.41, 5.74) is 3.25. The number of fused-ring (bicyclic) bond motifs is 5. The monoisotopic (exact) mass is 495 g/mol. The molecule has 2 aromatic heterocycles. The minimum absolute atomic E-state index is 0.0162. The Morgan fingerprint density at radius 3 is 2.83 bits per heavy atom. The molecule has 1 amide bonds. The zero-order valence-electron chi connectivity index (χ0n) is 20.3. The predicted octanol–water partition coefficient (Wildman–Crippen LogP) is 1.85. The number of carbonyl (C=O) groups is 1. The van der Waals surface area contributed by atoms with Crippen molar-refractivity contribution in [1.82, 2.24) is 19.5 Å². The lowest BCUT2D eigenvalue weighted by molar-refractivity contribution is -0.142. The second-order valence-corrected chi connectivity index (χ2v) is 9.28. The summed E-state index contributed by atoms with van der Waals surface area (Å²) < 4.78 is 30.2. The van der Waals surface area contributed by atoms with Crippen molar-refractivity contribution in [3.63, 3.8) is 0 Å². The molecule has 1 N–H and O–H groups in total. The fraction of sp³-hybridized carbons (Fsp3) is 0.480. The van der Waals surface area contributed by atoms with Crippen molar-refractivity contribution in [2.45, 2.75) is 18.6 Å². The first kappa shape index (κ1) is 22.9. The van der Waals surface area contributed by atoms with E-state index in [0.29, 0.717) is 68.3 Å². The maximum Gasteiger partial charge on any atom is 0.260 e. The number of methoxy groups -OCH3 is 2. The molecule has 36 heavy (non-hydrogen) atoms. The highest BCUT2D eigenvalue weighted by Gasteiger charge is 2.41. The van der Waals surface area contributed by atoms with Gasteiger partial charge in [0.1, 0.15) is 18.5 Å². The third kappa shape index (κ3) is 4.18. The molecule has 0 aliphatic carbocycles. The molecule has 2 saturated heterocycles. The zero-order chi connectivity index (χ0) is 24.6. The molecule has 0 spiro atoms. The molecule has 3 aromatic rings. The van der Waals surface area contributed by atoms with E-state index in [0.717, 1.165) is 16.8 Å². The lowest BCUT2D eigenvalue weighted by Crippen LogP contribution is -2.41. The highest BCUT2D eigenvalue weighted by atomic mass is 16.5. The molecule has 4 bridgehead atoms. The third-order valence-electron chi connectivity index (χ3n) is 6.92. The summed E-state index contributed by atoms with van der Waals surface area (Å²) >= 11 is 0. The van der Waals surface area contributed by atoms with Crippen LogP contribution in [0.4, 0.5) is 5.69 Å². The van der Waals surface area contributed by atoms with Crippen LogP contribution < -0.4 is 19.5 Å². The Labute approximate surface area is 208 Å². The summed E-state index contributed by atoms with van der Waals surface area (Å²) in [7, 11) is 3.20. The smallest absolute Gasteiger partial charge is 0.260 e. The zero-order valence-corrected chi connectivity index (χ0v) is 20.3. The van der Waals surface area contributed by atoms with Gasteiger partial charge in [-0.1, -0.05) is 0 Å². The molecule has 11 heteroatoms. The van der Waals surface area contributed by atoms with Gasteiger partial charge in [0.15, 0.2) is 11.4 Å². The van der Waals surface area contributed by atoms with Crippen molar-refractivity contribution in [3.8, 4) is 28.5 Å². The number of aromatic nitrogens is 3. The first-order chi connectivity index (χ1) is 17.6. The van der Waals surface area contributed by atoms with E-state index in [1.54, 1.807) is 31.1 Å². The number of benzene rings is 1. The van der Waals surface area contributed by atoms with Crippen LogP contribution in [0.5, 0.6) is 17.4 Å². The topological polar surface area (TPSA) is 109 Å². The Bertz CT molecular complexity index is 1280. The largest absolute Gasteiger partial charge is 0.497 e. The number of carbonyl (C=O) groups excluding carboxylic acids is 1. The van der Waals surface area contributed by atoms with Crippen LogP contribution >= 0.6 is 0 Å². The minimum atomic E-state index is -0.489. The second-order valence-electron chi connectivity index (χ2n) is 9.28. The standard InChI is InChI=1S/C25H29N5O6/c1-32-19-6-16-5-17(7-19)26-3-4-29-18(8-21(25(29)31)35-13-15-11-34-12-15)14-36-24-22(33-2)10-30-23(28-24)20(16)9-27-30/h5-7,9-10,15,18,21,26H,3-4,8,11-14H2,1-2H3/t18-,21+/m0/s1. The van der Waals surface area contributed by atoms with Crippen LogP contribution in [0.3, 0.4) is 0 Å². The summed E-state index contributed by atoms with van der Waals surface area (Å²) in [5, 5.41) is 7.91. The van der Waals surface area contributed by atoms with Gasteiger partial charge in [-0.25, -0.2) is 4.52 Å². The van der Waals surface area contributed by atoms with E-state index in [-0.39, 0.29) is 18.6 Å². The van der Waals surface area contributed by atoms with E-state index >= 15 is 0 Å². The maximum atomic E-state index is 13.3. The van der Waals surface area contributed by atoms with Gasteiger partial charge in [-0.3, -0.25) is 4.79 Å². The number of hydrogen-bond donors (Lipinski definition) is 1. The Morgan fingerprint density at radius 1 is 1.17 bits per heavy atom. The highest BCUT2D eigenvalue weighted by molar-refractivity contribution is 5.84. The number of hydrogen-bond acceptors (Lipinski definition) is 9. The SMILES string of the molecule is COc1cc2cc(c1)-c1cnn3cc(OC)c(nc13)OC[C@@H]1C[C@@H](OCC3COC3)C(=O)N1CCN2. The number of rotatable bonds is 5. The molecule has 11 nitrogen and oxygen atoms in total. The molecule has 6 rings (SSSR count). The molecule has 1 aromatic carbocycles. The number of nitrogens with zero attached hydrogens (tertiary/aromatic N) is 4. The Kier molecular flexibility index (Phi) is 6.02. The fourth-order valence-corrected chi connectivity index (χ4v) is 4.86. The van der Waals surface area contributed by atoms with Gasteiger partial charge in [0, 0.05) is 42.7 Å². The van der Waals surface area contributed by atoms with Gasteiger partial charge >= 0.3 is 0 Å². The second kappa shape index (κ2) is 9.47. The van der Waals surface area contributed by atoms with Crippen LogP contribution in [-0.2, 0) is 14.3 Å². The number of ether oxygens (including phenoxy) is 5. The Morgan fingerprint density at radius 2 is 2.06 bits per heavy atom. The van der Waals surface area contributed by atoms with Crippen molar-refractivity contribution >= 4 is 17.2 Å². The molecule has 3 aliphatic rings. The Hall–Kier alpha value is -3.57. The van der Waals surface area contributed by atoms with Crippen molar-refractivity contribution in [2.24, 2.45) is 5.92 Å². The van der Waals surface area contributed by atoms with E-state index in [1.807, 2.05) is 23.1 Å². The molecule has 3 aliphatic heterocycles. The fourth-order valence-electron chi connectivity index (χ4n) is 4.86. The molecular formula is C25H29N5O6. The normalized spacial score (nSPS) is 21.9. The van der Waals surface area contributed by atoms with Crippen molar-refractivity contribution < 1.29 is 28.5 Å². The van der Waals surface area contributed by atoms with Crippen LogP contribution in [0.1, 0.15) is 6.42 Å². The van der Waals surface area contributed by atoms with E-state index in [4.69, 9.17) is 28.7 Å². The minimum Gasteiger partial charge on any atom is -0.497 e. The Balaban J connectivity index is 1.35. The summed E-state index contributed by atoms with van der Waals surface area (Å²) in [4.78, 5) is 19.9. The first-order valence-electron chi connectivity index (χ1n) is 12.1. The molecule has 0 unspecified atom stereocenters. The van der Waals surface area contributed by atoms with Crippen LogP contribution in [0, 0.1) is 5.92 Å². The van der Waals surface area contributed by atoms with E-state index in [1.165, 1.54) is 0 Å². The lowest BCUT2D eigenvalue weighted by atomic mass is 10.1. The maximum absolute atomic E-state index is 13.3. The molecule has 190 valence electrons. The summed E-state index contributed by atoms with van der Waals surface area (Å²) in [5.74, 6) is 1.86. The van der Waals surface area contributed by atoms with Crippen LogP contribution in [0.25, 0.3) is 16.8 Å². The van der Waals surface area contributed by atoms with Crippen LogP contribution in [0.2, 0.25) is 0 Å². The molecule has 2 atom stereocenters. The average molecular weight is 496 g/mol. The van der Waals surface area contributed by atoms with E-state index in [2.05, 4.69) is 10.4 Å². The van der Waals surface area contributed by atoms with Crippen LogP contribution in [-0.4, -0.2) is 91.3 Å². The van der Waals surface area contributed by atoms with Gasteiger partial charge in [-0.2, -0.15) is 10.1 Å². The molecular weight excluding hydrogens is 466 g/mol. The molecule has 5 heterocycles. The van der Waals surface area contributed by atoms with Gasteiger partial charge in [-0.05, 0) is 17.7 Å². The van der Waals surface area contributed by atoms with Gasteiger partial charge in [0.2, 0.25) is 0 Å².